The van der Waals surface area contributed by atoms with Crippen LogP contribution < -0.4 is 15.4 Å². The van der Waals surface area contributed by atoms with E-state index in [2.05, 4.69) is 26.6 Å². The fourth-order valence-corrected chi connectivity index (χ4v) is 1.79. The average molecular weight is 299 g/mol. The maximum atomic E-state index is 11.1. The summed E-state index contributed by atoms with van der Waals surface area (Å²) in [6.07, 6.45) is 0.695. The minimum absolute atomic E-state index is 0.0615. The third-order valence-corrected chi connectivity index (χ3v) is 2.63. The summed E-state index contributed by atoms with van der Waals surface area (Å²) in [4.78, 5) is 21.5. The monoisotopic (exact) mass is 298 g/mol. The maximum absolute atomic E-state index is 11.1. The first-order chi connectivity index (χ1) is 8.15. The molecule has 0 bridgehead atoms. The molecule has 2 N–H and O–H groups in total. The third kappa shape index (κ3) is 3.20. The lowest BCUT2D eigenvalue weighted by molar-refractivity contribution is -0.118. The molecule has 0 aromatic heterocycles. The van der Waals surface area contributed by atoms with Gasteiger partial charge in [-0.25, -0.2) is 0 Å². The van der Waals surface area contributed by atoms with Gasteiger partial charge in [0.05, 0.1) is 5.69 Å². The van der Waals surface area contributed by atoms with E-state index in [1.54, 1.807) is 0 Å². The second kappa shape index (κ2) is 5.18. The zero-order valence-corrected chi connectivity index (χ0v) is 10.5. The number of halogens is 1. The lowest BCUT2D eigenvalue weighted by Crippen LogP contribution is -2.25. The van der Waals surface area contributed by atoms with Gasteiger partial charge in [-0.15, -0.1) is 0 Å². The van der Waals surface area contributed by atoms with Crippen molar-refractivity contribution in [3.63, 3.8) is 0 Å². The van der Waals surface area contributed by atoms with Gasteiger partial charge in [0.15, 0.2) is 6.61 Å². The molecule has 0 unspecified atom stereocenters. The van der Waals surface area contributed by atoms with Gasteiger partial charge in [-0.1, -0.05) is 6.07 Å². The molecular formula is C11H11BrN2O3. The lowest BCUT2D eigenvalue weighted by Gasteiger charge is -2.18. The number of benzene rings is 1. The summed E-state index contributed by atoms with van der Waals surface area (Å²) in [5, 5.41) is 5.38. The molecule has 0 spiro atoms. The quantitative estimate of drug-likeness (QED) is 0.659. The van der Waals surface area contributed by atoms with E-state index < -0.39 is 0 Å². The summed E-state index contributed by atoms with van der Waals surface area (Å²) in [5.74, 6) is 0.529. The van der Waals surface area contributed by atoms with Crippen LogP contribution in [0.1, 0.15) is 5.56 Å². The zero-order chi connectivity index (χ0) is 12.3. The summed E-state index contributed by atoms with van der Waals surface area (Å²) >= 11 is 2.79. The van der Waals surface area contributed by atoms with E-state index in [9.17, 15) is 9.59 Å². The van der Waals surface area contributed by atoms with Crippen molar-refractivity contribution in [2.45, 2.75) is 6.42 Å². The van der Waals surface area contributed by atoms with Crippen molar-refractivity contribution in [2.24, 2.45) is 0 Å². The molecule has 1 aliphatic heterocycles. The van der Waals surface area contributed by atoms with Crippen LogP contribution in [0.2, 0.25) is 0 Å². The Bertz CT molecular complexity index is 462. The normalized spacial score (nSPS) is 13.4. The summed E-state index contributed by atoms with van der Waals surface area (Å²) in [6, 6.07) is 5.59. The van der Waals surface area contributed by atoms with Gasteiger partial charge < -0.3 is 15.4 Å². The van der Waals surface area contributed by atoms with Gasteiger partial charge in [0.2, 0.25) is 0 Å². The van der Waals surface area contributed by atoms with E-state index in [-0.39, 0.29) is 17.3 Å². The number of hydrogen-bond acceptors (Lipinski definition) is 3. The molecule has 0 atom stereocenters. The van der Waals surface area contributed by atoms with Crippen molar-refractivity contribution in [2.75, 3.05) is 18.5 Å². The number of fused-ring (bicyclic) bond motifs is 1. The fourth-order valence-electron chi connectivity index (χ4n) is 1.59. The van der Waals surface area contributed by atoms with Gasteiger partial charge in [-0.2, -0.15) is 0 Å². The number of amides is 2. The Hall–Kier alpha value is -1.56. The van der Waals surface area contributed by atoms with E-state index in [0.717, 1.165) is 5.56 Å². The van der Waals surface area contributed by atoms with Crippen molar-refractivity contribution in [3.8, 4) is 5.75 Å². The van der Waals surface area contributed by atoms with Crippen molar-refractivity contribution in [1.82, 2.24) is 5.32 Å². The summed E-state index contributed by atoms with van der Waals surface area (Å²) in [6.45, 7) is 0.601. The van der Waals surface area contributed by atoms with Gasteiger partial charge in [0, 0.05) is 22.5 Å². The van der Waals surface area contributed by atoms with Crippen LogP contribution in [0.15, 0.2) is 18.2 Å². The van der Waals surface area contributed by atoms with E-state index in [4.69, 9.17) is 4.74 Å². The predicted molar refractivity (Wildman–Crippen MR) is 66.6 cm³/mol. The minimum Gasteiger partial charge on any atom is -0.482 e. The highest BCUT2D eigenvalue weighted by atomic mass is 79.9. The Morgan fingerprint density at radius 1 is 1.53 bits per heavy atom. The molecular weight excluding hydrogens is 288 g/mol. The van der Waals surface area contributed by atoms with Crippen LogP contribution in [0, 0.1) is 0 Å². The topological polar surface area (TPSA) is 67.4 Å². The molecule has 0 saturated carbocycles. The first-order valence-corrected chi connectivity index (χ1v) is 5.93. The Kier molecular flexibility index (Phi) is 3.63. The largest absolute Gasteiger partial charge is 0.482 e. The predicted octanol–water partition coefficient (Wildman–Crippen LogP) is 1.66. The smallest absolute Gasteiger partial charge is 0.287 e. The molecule has 1 aromatic rings. The Labute approximate surface area is 107 Å². The van der Waals surface area contributed by atoms with E-state index in [1.807, 2.05) is 18.2 Å². The molecule has 5 nitrogen and oxygen atoms in total. The zero-order valence-electron chi connectivity index (χ0n) is 8.96. The molecule has 0 radical (unpaired) electrons. The Balaban J connectivity index is 2.02. The molecule has 1 aliphatic rings. The van der Waals surface area contributed by atoms with Crippen LogP contribution in [0.4, 0.5) is 10.5 Å². The van der Waals surface area contributed by atoms with Crippen LogP contribution in [-0.2, 0) is 11.2 Å². The van der Waals surface area contributed by atoms with E-state index in [0.29, 0.717) is 24.4 Å². The highest BCUT2D eigenvalue weighted by Crippen LogP contribution is 2.28. The van der Waals surface area contributed by atoms with Crippen LogP contribution in [0.5, 0.6) is 5.75 Å². The average Bonchev–Trinajstić information content (AvgIpc) is 2.28. The maximum Gasteiger partial charge on any atom is 0.287 e. The molecule has 2 amide bonds. The van der Waals surface area contributed by atoms with E-state index >= 15 is 0 Å². The Morgan fingerprint density at radius 3 is 3.12 bits per heavy atom. The number of anilines is 1. The second-order valence-corrected chi connectivity index (χ2v) is 4.34. The molecule has 1 heterocycles. The Morgan fingerprint density at radius 2 is 2.35 bits per heavy atom. The lowest BCUT2D eigenvalue weighted by atomic mass is 10.1. The van der Waals surface area contributed by atoms with Crippen molar-refractivity contribution in [3.05, 3.63) is 23.8 Å². The summed E-state index contributed by atoms with van der Waals surface area (Å²) in [7, 11) is 0. The molecule has 90 valence electrons. The van der Waals surface area contributed by atoms with Crippen molar-refractivity contribution in [1.29, 1.82) is 0 Å². The molecule has 0 fully saturated rings. The number of nitrogens with one attached hydrogen (secondary N) is 2. The third-order valence-electron chi connectivity index (χ3n) is 2.35. The van der Waals surface area contributed by atoms with Crippen LogP contribution in [0.3, 0.4) is 0 Å². The first kappa shape index (κ1) is 11.9. The van der Waals surface area contributed by atoms with Gasteiger partial charge in [-0.3, -0.25) is 9.59 Å². The number of ether oxygens (including phenoxy) is 1. The van der Waals surface area contributed by atoms with E-state index in [1.165, 1.54) is 0 Å². The molecule has 0 aliphatic carbocycles. The van der Waals surface area contributed by atoms with Gasteiger partial charge in [-0.05, 0) is 24.1 Å². The molecule has 17 heavy (non-hydrogen) atoms. The molecule has 1 aromatic carbocycles. The number of carbonyl (C=O) groups is 2. The van der Waals surface area contributed by atoms with Crippen LogP contribution in [0.25, 0.3) is 0 Å². The number of carbonyl (C=O) groups excluding carboxylic acids is 2. The van der Waals surface area contributed by atoms with Crippen LogP contribution in [-0.4, -0.2) is 23.9 Å². The van der Waals surface area contributed by atoms with Gasteiger partial charge >= 0.3 is 0 Å². The van der Waals surface area contributed by atoms with Gasteiger partial charge in [0.25, 0.3) is 10.7 Å². The summed E-state index contributed by atoms with van der Waals surface area (Å²) < 4.78 is 5.24. The minimum atomic E-state index is -0.230. The molecule has 6 heteroatoms. The molecule has 0 saturated heterocycles. The SMILES string of the molecule is O=C(Br)NCCc1ccc2c(c1)NC(=O)CO2. The highest BCUT2D eigenvalue weighted by Gasteiger charge is 2.15. The standard InChI is InChI=1S/C11H11BrN2O3/c12-11(16)13-4-3-7-1-2-9-8(5-7)14-10(15)6-17-9/h1-2,5H,3-4,6H2,(H,13,16)(H,14,15). The number of hydrogen-bond donors (Lipinski definition) is 2. The number of rotatable bonds is 3. The first-order valence-electron chi connectivity index (χ1n) is 5.14. The fraction of sp³-hybridized carbons (Fsp3) is 0.273. The highest BCUT2D eigenvalue weighted by molar-refractivity contribution is 9.18. The van der Waals surface area contributed by atoms with Gasteiger partial charge in [0.1, 0.15) is 5.75 Å². The van der Waals surface area contributed by atoms with Crippen molar-refractivity contribution < 1.29 is 14.3 Å². The van der Waals surface area contributed by atoms with Crippen molar-refractivity contribution >= 4 is 32.3 Å². The van der Waals surface area contributed by atoms with Crippen LogP contribution >= 0.6 is 15.9 Å². The second-order valence-electron chi connectivity index (χ2n) is 3.62. The molecule has 2 rings (SSSR count). The summed E-state index contributed by atoms with van der Waals surface area (Å²) in [5.41, 5.74) is 1.71.